The number of carboxylic acids is 1. The second kappa shape index (κ2) is 16.5. The maximum atomic E-state index is 13.5. The zero-order chi connectivity index (χ0) is 27.0. The number of carboxylic acid groups (broad SMARTS) is 1. The lowest BCUT2D eigenvalue weighted by Crippen LogP contribution is -2.55. The van der Waals surface area contributed by atoms with Gasteiger partial charge in [0.15, 0.2) is 0 Å². The van der Waals surface area contributed by atoms with Crippen LogP contribution in [0.3, 0.4) is 0 Å². The smallest absolute Gasteiger partial charge is 0.320 e. The molecule has 0 fully saturated rings. The van der Waals surface area contributed by atoms with Crippen molar-refractivity contribution >= 4 is 23.5 Å². The minimum atomic E-state index is -0.963. The highest BCUT2D eigenvalue weighted by molar-refractivity contribution is 5.98. The highest BCUT2D eigenvalue weighted by Crippen LogP contribution is 2.13. The van der Waals surface area contributed by atoms with Crippen LogP contribution in [-0.2, 0) is 20.8 Å². The average molecular weight is 510 g/mol. The first-order chi connectivity index (χ1) is 17.8. The standard InChI is InChI=1S/C30H43N3O4/c1-4-5-6-13-18-26(30(36)37)32-25(20-19-23-14-9-7-10-15-23)28(34)33-27(21-22(2)3)29(35)31-24-16-11-8-12-17-24/h7-12,14-17,22,25-27,32H,4-6,13,18-21H2,1-3H3,(H,31,35)(H,33,34)(H,36,37)/t25-,26+,27-/m0/s1. The van der Waals surface area contributed by atoms with E-state index in [0.29, 0.717) is 31.4 Å². The molecule has 37 heavy (non-hydrogen) atoms. The summed E-state index contributed by atoms with van der Waals surface area (Å²) in [6.45, 7) is 6.10. The summed E-state index contributed by atoms with van der Waals surface area (Å²) in [6.07, 6.45) is 5.80. The Balaban J connectivity index is 2.16. The zero-order valence-corrected chi connectivity index (χ0v) is 22.4. The Morgan fingerprint density at radius 2 is 1.43 bits per heavy atom. The van der Waals surface area contributed by atoms with E-state index < -0.39 is 24.1 Å². The van der Waals surface area contributed by atoms with Crippen molar-refractivity contribution in [3.63, 3.8) is 0 Å². The van der Waals surface area contributed by atoms with Crippen molar-refractivity contribution in [2.45, 2.75) is 90.3 Å². The third kappa shape index (κ3) is 11.6. The largest absolute Gasteiger partial charge is 0.480 e. The quantitative estimate of drug-likeness (QED) is 0.220. The minimum absolute atomic E-state index is 0.174. The van der Waals surface area contributed by atoms with Gasteiger partial charge in [-0.2, -0.15) is 0 Å². The van der Waals surface area contributed by atoms with Gasteiger partial charge in [0.2, 0.25) is 11.8 Å². The van der Waals surface area contributed by atoms with Gasteiger partial charge in [-0.15, -0.1) is 0 Å². The second-order valence-corrected chi connectivity index (χ2v) is 10.0. The van der Waals surface area contributed by atoms with Gasteiger partial charge in [-0.25, -0.2) is 0 Å². The Morgan fingerprint density at radius 3 is 2.03 bits per heavy atom. The van der Waals surface area contributed by atoms with Crippen molar-refractivity contribution < 1.29 is 19.5 Å². The molecule has 2 rings (SSSR count). The van der Waals surface area contributed by atoms with E-state index in [0.717, 1.165) is 31.2 Å². The number of anilines is 1. The van der Waals surface area contributed by atoms with Crippen LogP contribution < -0.4 is 16.0 Å². The first-order valence-corrected chi connectivity index (χ1v) is 13.5. The number of hydrogen-bond acceptors (Lipinski definition) is 4. The molecule has 0 aliphatic carbocycles. The third-order valence-electron chi connectivity index (χ3n) is 6.31. The molecule has 0 aromatic heterocycles. The monoisotopic (exact) mass is 509 g/mol. The number of amides is 2. The molecule has 4 N–H and O–H groups in total. The van der Waals surface area contributed by atoms with Gasteiger partial charge in [0.1, 0.15) is 12.1 Å². The molecule has 0 aliphatic heterocycles. The number of para-hydroxylation sites is 1. The predicted molar refractivity (Wildman–Crippen MR) is 148 cm³/mol. The van der Waals surface area contributed by atoms with E-state index in [-0.39, 0.29) is 17.7 Å². The van der Waals surface area contributed by atoms with Crippen molar-refractivity contribution in [3.05, 3.63) is 66.2 Å². The first-order valence-electron chi connectivity index (χ1n) is 13.5. The first kappa shape index (κ1) is 30.0. The van der Waals surface area contributed by atoms with Crippen molar-refractivity contribution in [2.75, 3.05) is 5.32 Å². The van der Waals surface area contributed by atoms with Crippen LogP contribution in [0.25, 0.3) is 0 Å². The molecule has 0 radical (unpaired) electrons. The van der Waals surface area contributed by atoms with E-state index in [1.165, 1.54) is 0 Å². The van der Waals surface area contributed by atoms with Crippen LogP contribution in [0.4, 0.5) is 5.69 Å². The Kier molecular flexibility index (Phi) is 13.4. The predicted octanol–water partition coefficient (Wildman–Crippen LogP) is 5.17. The summed E-state index contributed by atoms with van der Waals surface area (Å²) in [7, 11) is 0. The Hall–Kier alpha value is -3.19. The molecular weight excluding hydrogens is 466 g/mol. The number of carbonyl (C=O) groups excluding carboxylic acids is 2. The molecule has 0 unspecified atom stereocenters. The molecule has 2 aromatic rings. The molecule has 2 amide bonds. The molecule has 2 aromatic carbocycles. The van der Waals surface area contributed by atoms with Crippen LogP contribution in [0, 0.1) is 5.92 Å². The number of benzene rings is 2. The molecule has 0 saturated carbocycles. The molecule has 0 aliphatic rings. The number of nitrogens with one attached hydrogen (secondary N) is 3. The highest BCUT2D eigenvalue weighted by atomic mass is 16.4. The van der Waals surface area contributed by atoms with Gasteiger partial charge in [-0.05, 0) is 49.3 Å². The van der Waals surface area contributed by atoms with Crippen LogP contribution >= 0.6 is 0 Å². The molecule has 0 bridgehead atoms. The fourth-order valence-electron chi connectivity index (χ4n) is 4.27. The molecule has 0 saturated heterocycles. The minimum Gasteiger partial charge on any atom is -0.480 e. The lowest BCUT2D eigenvalue weighted by molar-refractivity contribution is -0.140. The van der Waals surface area contributed by atoms with E-state index in [1.807, 2.05) is 62.4 Å². The van der Waals surface area contributed by atoms with Gasteiger partial charge in [0, 0.05) is 5.69 Å². The fraction of sp³-hybridized carbons (Fsp3) is 0.500. The molecule has 0 heterocycles. The van der Waals surface area contributed by atoms with E-state index in [9.17, 15) is 19.5 Å². The Bertz CT molecular complexity index is 950. The number of carbonyl (C=O) groups is 3. The van der Waals surface area contributed by atoms with Crippen molar-refractivity contribution in [3.8, 4) is 0 Å². The highest BCUT2D eigenvalue weighted by Gasteiger charge is 2.29. The zero-order valence-electron chi connectivity index (χ0n) is 22.4. The summed E-state index contributed by atoms with van der Waals surface area (Å²) in [5.74, 6) is -1.43. The molecule has 7 nitrogen and oxygen atoms in total. The van der Waals surface area contributed by atoms with E-state index in [2.05, 4.69) is 22.9 Å². The average Bonchev–Trinajstić information content (AvgIpc) is 2.88. The normalized spacial score (nSPS) is 13.5. The van der Waals surface area contributed by atoms with Gasteiger partial charge >= 0.3 is 5.97 Å². The van der Waals surface area contributed by atoms with Gasteiger partial charge in [0.25, 0.3) is 0 Å². The van der Waals surface area contributed by atoms with Crippen molar-refractivity contribution in [1.82, 2.24) is 10.6 Å². The fourth-order valence-corrected chi connectivity index (χ4v) is 4.27. The van der Waals surface area contributed by atoms with E-state index in [4.69, 9.17) is 0 Å². The lowest BCUT2D eigenvalue weighted by Gasteiger charge is -2.26. The second-order valence-electron chi connectivity index (χ2n) is 10.0. The molecular formula is C30H43N3O4. The van der Waals surface area contributed by atoms with Crippen LogP contribution in [0.2, 0.25) is 0 Å². The topological polar surface area (TPSA) is 108 Å². The number of aryl methyl sites for hydroxylation is 1. The number of hydrogen-bond donors (Lipinski definition) is 4. The summed E-state index contributed by atoms with van der Waals surface area (Å²) in [4.78, 5) is 38.6. The molecule has 0 spiro atoms. The van der Waals surface area contributed by atoms with Crippen LogP contribution in [0.1, 0.15) is 71.3 Å². The maximum Gasteiger partial charge on any atom is 0.320 e. The van der Waals surface area contributed by atoms with Gasteiger partial charge < -0.3 is 15.7 Å². The number of rotatable bonds is 17. The number of aliphatic carboxylic acids is 1. The maximum absolute atomic E-state index is 13.5. The van der Waals surface area contributed by atoms with Gasteiger partial charge in [0.05, 0.1) is 6.04 Å². The summed E-state index contributed by atoms with van der Waals surface area (Å²) in [6, 6.07) is 16.6. The summed E-state index contributed by atoms with van der Waals surface area (Å²) in [5.41, 5.74) is 1.73. The van der Waals surface area contributed by atoms with E-state index >= 15 is 0 Å². The molecule has 202 valence electrons. The SMILES string of the molecule is CCCCCC[C@@H](N[C@@H](CCc1ccccc1)C(=O)N[C@@H](CC(C)C)C(=O)Nc1ccccc1)C(=O)O. The third-order valence-corrected chi connectivity index (χ3v) is 6.31. The van der Waals surface area contributed by atoms with E-state index in [1.54, 1.807) is 12.1 Å². The van der Waals surface area contributed by atoms with Crippen molar-refractivity contribution in [1.29, 1.82) is 0 Å². The summed E-state index contributed by atoms with van der Waals surface area (Å²) < 4.78 is 0. The lowest BCUT2D eigenvalue weighted by atomic mass is 9.99. The van der Waals surface area contributed by atoms with Gasteiger partial charge in [-0.1, -0.05) is 95.0 Å². The number of unbranched alkanes of at least 4 members (excludes halogenated alkanes) is 3. The van der Waals surface area contributed by atoms with Gasteiger partial charge in [-0.3, -0.25) is 19.7 Å². The molecule has 3 atom stereocenters. The van der Waals surface area contributed by atoms with Crippen LogP contribution in [0.5, 0.6) is 0 Å². The summed E-state index contributed by atoms with van der Waals surface area (Å²) in [5, 5.41) is 18.7. The van der Waals surface area contributed by atoms with Crippen molar-refractivity contribution in [2.24, 2.45) is 5.92 Å². The van der Waals surface area contributed by atoms with Crippen LogP contribution in [-0.4, -0.2) is 41.0 Å². The van der Waals surface area contributed by atoms with Crippen LogP contribution in [0.15, 0.2) is 60.7 Å². The molecule has 7 heteroatoms. The Labute approximate surface area is 221 Å². The Morgan fingerprint density at radius 1 is 0.784 bits per heavy atom. The summed E-state index contributed by atoms with van der Waals surface area (Å²) >= 11 is 0.